The zero-order valence-corrected chi connectivity index (χ0v) is 28.3. The number of pyridine rings is 4. The lowest BCUT2D eigenvalue weighted by atomic mass is 10.0. The number of ether oxygens (including phenoxy) is 2. The molecule has 6 rings (SSSR count). The molecule has 0 aliphatic heterocycles. The minimum atomic E-state index is -1.07. The van der Waals surface area contributed by atoms with Crippen LogP contribution in [0.3, 0.4) is 0 Å². The Hall–Kier alpha value is -6.38. The zero-order chi connectivity index (χ0) is 37.3. The number of aromatic hydroxyl groups is 2. The third-order valence-corrected chi connectivity index (χ3v) is 8.08. The van der Waals surface area contributed by atoms with E-state index in [4.69, 9.17) is 9.47 Å². The highest BCUT2D eigenvalue weighted by Gasteiger charge is 2.29. The third-order valence-electron chi connectivity index (χ3n) is 8.08. The van der Waals surface area contributed by atoms with Gasteiger partial charge in [0.25, 0.3) is 17.3 Å². The van der Waals surface area contributed by atoms with Gasteiger partial charge in [0, 0.05) is 6.07 Å². The second-order valence-electron chi connectivity index (χ2n) is 11.9. The van der Waals surface area contributed by atoms with Crippen LogP contribution < -0.4 is 20.6 Å². The van der Waals surface area contributed by atoms with E-state index in [1.807, 2.05) is 45.9 Å². The van der Waals surface area contributed by atoms with Crippen LogP contribution in [0.15, 0.2) is 76.3 Å². The van der Waals surface area contributed by atoms with Gasteiger partial charge in [0.05, 0.1) is 41.3 Å². The molecular weight excluding hydrogens is 668 g/mol. The van der Waals surface area contributed by atoms with Gasteiger partial charge in [0.2, 0.25) is 5.75 Å². The van der Waals surface area contributed by atoms with Crippen molar-refractivity contribution in [3.63, 3.8) is 0 Å². The van der Waals surface area contributed by atoms with E-state index < -0.39 is 45.0 Å². The monoisotopic (exact) mass is 701 g/mol. The summed E-state index contributed by atoms with van der Waals surface area (Å²) in [7, 11) is 2.50. The first-order valence-electron chi connectivity index (χ1n) is 15.6. The number of hydrogen-bond acceptors (Lipinski definition) is 10. The van der Waals surface area contributed by atoms with Crippen molar-refractivity contribution in [1.29, 1.82) is 0 Å². The molecule has 264 valence electrons. The fraction of sp³-hybridized carbons (Fsp3) is 0.222. The van der Waals surface area contributed by atoms with Crippen LogP contribution in [0.2, 0.25) is 0 Å². The molecule has 4 heterocycles. The summed E-state index contributed by atoms with van der Waals surface area (Å²) in [5.41, 5.74) is 0.0971. The molecule has 0 bridgehead atoms. The molecule has 2 N–H and O–H groups in total. The first-order chi connectivity index (χ1) is 24.2. The maximum absolute atomic E-state index is 14.1. The number of halogens is 2. The summed E-state index contributed by atoms with van der Waals surface area (Å²) in [6, 6.07) is 17.3. The van der Waals surface area contributed by atoms with E-state index in [1.165, 1.54) is 18.8 Å². The molecule has 13 nitrogen and oxygen atoms in total. The predicted molar refractivity (Wildman–Crippen MR) is 186 cm³/mol. The van der Waals surface area contributed by atoms with E-state index in [-0.39, 0.29) is 45.5 Å². The maximum Gasteiger partial charge on any atom is 0.376 e. The lowest BCUT2D eigenvalue weighted by Crippen LogP contribution is -2.24. The van der Waals surface area contributed by atoms with Crippen LogP contribution in [0.5, 0.6) is 23.3 Å². The Labute approximate surface area is 288 Å². The second kappa shape index (κ2) is 14.2. The Morgan fingerprint density at radius 1 is 0.745 bits per heavy atom. The molecule has 0 unspecified atom stereocenters. The van der Waals surface area contributed by atoms with Crippen LogP contribution in [0.4, 0.5) is 14.5 Å². The van der Waals surface area contributed by atoms with E-state index in [1.54, 1.807) is 30.3 Å². The average Bonchev–Trinajstić information content (AvgIpc) is 3.09. The maximum atomic E-state index is 14.1. The van der Waals surface area contributed by atoms with Crippen molar-refractivity contribution in [3.8, 4) is 34.6 Å². The molecule has 0 fully saturated rings. The number of fused-ring (bicyclic) bond motifs is 2. The number of hydrogen-bond donors (Lipinski definition) is 2. The van der Waals surface area contributed by atoms with Crippen molar-refractivity contribution in [2.45, 2.75) is 39.5 Å². The number of methoxy groups -OCH3 is 2. The van der Waals surface area contributed by atoms with Gasteiger partial charge in [-0.25, -0.2) is 8.78 Å². The molecule has 51 heavy (non-hydrogen) atoms. The highest BCUT2D eigenvalue weighted by atomic mass is 19.1. The molecule has 0 aliphatic rings. The minimum absolute atomic E-state index is 0.0154. The van der Waals surface area contributed by atoms with Gasteiger partial charge in [-0.15, -0.1) is 0 Å². The van der Waals surface area contributed by atoms with Gasteiger partial charge in [-0.2, -0.15) is 9.97 Å². The SMILES string of the molecule is COc1nc2c(cc1F)c(O)c([N+](=O)[O-])c(=O)n2-c1ccccc1C(C)C.COc1nc2c(cc1F)c(O)cc(=O)n2-c1ccccc1C(C)C. The summed E-state index contributed by atoms with van der Waals surface area (Å²) < 4.78 is 40.2. The number of para-hydroxylation sites is 2. The second-order valence-corrected chi connectivity index (χ2v) is 11.9. The van der Waals surface area contributed by atoms with Crippen molar-refractivity contribution in [2.24, 2.45) is 0 Å². The molecule has 0 amide bonds. The standard InChI is InChI=1S/C18H16FN3O5.C18H17FN2O3/c1-9(2)10-6-4-5-7-13(10)21-16-11(8-12(19)17(20-16)27-3)15(23)14(18(21)24)22(25)26;1-10(2)11-6-4-5-7-14(11)21-16(23)9-15(22)12-8-13(19)18(24-3)20-17(12)21/h4-9,23H,1-3H3;4-10,22H,1-3H3. The van der Waals surface area contributed by atoms with Crippen molar-refractivity contribution in [1.82, 2.24) is 19.1 Å². The predicted octanol–water partition coefficient (Wildman–Crippen LogP) is 6.63. The van der Waals surface area contributed by atoms with Crippen LogP contribution in [-0.4, -0.2) is 48.5 Å². The fourth-order valence-electron chi connectivity index (χ4n) is 5.69. The highest BCUT2D eigenvalue weighted by Crippen LogP contribution is 2.35. The van der Waals surface area contributed by atoms with E-state index in [9.17, 15) is 38.7 Å². The lowest BCUT2D eigenvalue weighted by Gasteiger charge is -2.17. The van der Waals surface area contributed by atoms with Crippen LogP contribution >= 0.6 is 0 Å². The quantitative estimate of drug-likeness (QED) is 0.136. The molecule has 0 saturated carbocycles. The highest BCUT2D eigenvalue weighted by molar-refractivity contribution is 5.88. The molecule has 4 aromatic heterocycles. The van der Waals surface area contributed by atoms with Crippen LogP contribution in [0.1, 0.15) is 50.7 Å². The van der Waals surface area contributed by atoms with Gasteiger partial charge in [0.15, 0.2) is 22.9 Å². The van der Waals surface area contributed by atoms with E-state index in [2.05, 4.69) is 9.97 Å². The number of aromatic nitrogens is 4. The summed E-state index contributed by atoms with van der Waals surface area (Å²) in [6.07, 6.45) is 0. The smallest absolute Gasteiger partial charge is 0.376 e. The molecule has 0 radical (unpaired) electrons. The van der Waals surface area contributed by atoms with Gasteiger partial charge < -0.3 is 19.7 Å². The summed E-state index contributed by atoms with van der Waals surface area (Å²) in [4.78, 5) is 43.9. The first-order valence-corrected chi connectivity index (χ1v) is 15.6. The topological polar surface area (TPSA) is 172 Å². The van der Waals surface area contributed by atoms with Gasteiger partial charge in [-0.1, -0.05) is 64.1 Å². The van der Waals surface area contributed by atoms with Crippen molar-refractivity contribution in [2.75, 3.05) is 14.2 Å². The Balaban J connectivity index is 0.000000199. The Bertz CT molecular complexity index is 2440. The third kappa shape index (κ3) is 6.52. The Morgan fingerprint density at radius 2 is 1.20 bits per heavy atom. The van der Waals surface area contributed by atoms with Gasteiger partial charge in [0.1, 0.15) is 5.75 Å². The van der Waals surface area contributed by atoms with Crippen LogP contribution in [0, 0.1) is 21.7 Å². The number of nitrogens with zero attached hydrogens (tertiary/aromatic N) is 5. The molecule has 0 spiro atoms. The van der Waals surface area contributed by atoms with Gasteiger partial charge in [-0.3, -0.25) is 28.8 Å². The van der Waals surface area contributed by atoms with Crippen molar-refractivity contribution >= 4 is 27.8 Å². The molecular formula is C36H33F2N5O8. The minimum Gasteiger partial charge on any atom is -0.507 e. The molecule has 2 aromatic carbocycles. The Morgan fingerprint density at radius 3 is 1.67 bits per heavy atom. The summed E-state index contributed by atoms with van der Waals surface area (Å²) in [5, 5.41) is 31.5. The molecule has 0 aliphatic carbocycles. The van der Waals surface area contributed by atoms with E-state index in [0.29, 0.717) is 11.4 Å². The Kier molecular flexibility index (Phi) is 10.0. The average molecular weight is 702 g/mol. The van der Waals surface area contributed by atoms with E-state index in [0.717, 1.165) is 33.9 Å². The number of rotatable bonds is 7. The van der Waals surface area contributed by atoms with Crippen LogP contribution in [0.25, 0.3) is 33.4 Å². The lowest BCUT2D eigenvalue weighted by molar-refractivity contribution is -0.387. The van der Waals surface area contributed by atoms with Gasteiger partial charge >= 0.3 is 11.2 Å². The first kappa shape index (κ1) is 35.9. The zero-order valence-electron chi connectivity index (χ0n) is 28.3. The largest absolute Gasteiger partial charge is 0.507 e. The number of nitro groups is 1. The van der Waals surface area contributed by atoms with Crippen LogP contribution in [-0.2, 0) is 0 Å². The molecule has 6 aromatic rings. The number of benzene rings is 2. The summed E-state index contributed by atoms with van der Waals surface area (Å²) in [5.74, 6) is -3.36. The van der Waals surface area contributed by atoms with Gasteiger partial charge in [-0.05, 0) is 47.2 Å². The van der Waals surface area contributed by atoms with Crippen molar-refractivity contribution < 1.29 is 33.4 Å². The summed E-state index contributed by atoms with van der Waals surface area (Å²) >= 11 is 0. The van der Waals surface area contributed by atoms with Crippen molar-refractivity contribution in [3.05, 3.63) is 120 Å². The molecule has 0 saturated heterocycles. The normalized spacial score (nSPS) is 11.2. The summed E-state index contributed by atoms with van der Waals surface area (Å²) in [6.45, 7) is 7.82. The molecule has 0 atom stereocenters. The van der Waals surface area contributed by atoms with E-state index >= 15 is 0 Å². The fourth-order valence-corrected chi connectivity index (χ4v) is 5.69. The molecule has 15 heteroatoms.